The number of benzene rings is 1. The third-order valence-corrected chi connectivity index (χ3v) is 2.07. The number of terminal acetylenes is 1. The number of carbonyl (C=O) groups is 1. The van der Waals surface area contributed by atoms with Crippen LogP contribution in [0.1, 0.15) is 11.1 Å². The van der Waals surface area contributed by atoms with Crippen molar-refractivity contribution in [2.75, 3.05) is 0 Å². The summed E-state index contributed by atoms with van der Waals surface area (Å²) in [6, 6.07) is 6.66. The standard InChI is InChI=1S/C12H13NO2/c1-2-4-9-5-3-6-10(7-9)8-11(13)12(14)15/h1,3,5-7,11H,4,8,13H2,(H,14,15)/t11-/m0/s1. The number of carboxylic acids is 1. The molecule has 0 radical (unpaired) electrons. The van der Waals surface area contributed by atoms with Crippen LogP contribution in [0.25, 0.3) is 0 Å². The maximum Gasteiger partial charge on any atom is 0.320 e. The molecule has 0 saturated carbocycles. The van der Waals surface area contributed by atoms with E-state index in [1.807, 2.05) is 24.3 Å². The Balaban J connectivity index is 2.74. The van der Waals surface area contributed by atoms with E-state index in [1.165, 1.54) is 0 Å². The number of carboxylic acid groups (broad SMARTS) is 1. The molecule has 0 aliphatic heterocycles. The lowest BCUT2D eigenvalue weighted by atomic mass is 10.0. The Hall–Kier alpha value is -1.79. The predicted molar refractivity (Wildman–Crippen MR) is 58.3 cm³/mol. The Bertz CT molecular complexity index is 393. The van der Waals surface area contributed by atoms with Crippen LogP contribution in [0, 0.1) is 12.3 Å². The van der Waals surface area contributed by atoms with Crippen LogP contribution in [0.4, 0.5) is 0 Å². The van der Waals surface area contributed by atoms with E-state index >= 15 is 0 Å². The fraction of sp³-hybridized carbons (Fsp3) is 0.250. The van der Waals surface area contributed by atoms with Gasteiger partial charge in [0.05, 0.1) is 0 Å². The topological polar surface area (TPSA) is 63.3 Å². The zero-order chi connectivity index (χ0) is 11.3. The Labute approximate surface area is 88.9 Å². The van der Waals surface area contributed by atoms with Gasteiger partial charge < -0.3 is 10.8 Å². The van der Waals surface area contributed by atoms with E-state index < -0.39 is 12.0 Å². The number of aliphatic carboxylic acids is 1. The van der Waals surface area contributed by atoms with Gasteiger partial charge in [-0.1, -0.05) is 24.3 Å². The third-order valence-electron chi connectivity index (χ3n) is 2.07. The minimum atomic E-state index is -0.989. The molecular formula is C12H13NO2. The lowest BCUT2D eigenvalue weighted by Gasteiger charge is -2.07. The molecule has 0 amide bonds. The van der Waals surface area contributed by atoms with E-state index in [-0.39, 0.29) is 0 Å². The molecule has 0 aliphatic rings. The van der Waals surface area contributed by atoms with Crippen molar-refractivity contribution in [3.05, 3.63) is 35.4 Å². The van der Waals surface area contributed by atoms with Crippen molar-refractivity contribution >= 4 is 5.97 Å². The quantitative estimate of drug-likeness (QED) is 0.712. The maximum atomic E-state index is 10.6. The summed E-state index contributed by atoms with van der Waals surface area (Å²) in [5, 5.41) is 8.66. The first-order chi connectivity index (χ1) is 7.13. The van der Waals surface area contributed by atoms with Crippen LogP contribution in [0.2, 0.25) is 0 Å². The molecule has 15 heavy (non-hydrogen) atoms. The molecule has 3 N–H and O–H groups in total. The Morgan fingerprint density at radius 1 is 1.53 bits per heavy atom. The van der Waals surface area contributed by atoms with Crippen LogP contribution in [0.5, 0.6) is 0 Å². The van der Waals surface area contributed by atoms with Gasteiger partial charge in [0, 0.05) is 6.42 Å². The van der Waals surface area contributed by atoms with Crippen molar-refractivity contribution in [3.8, 4) is 12.3 Å². The first-order valence-electron chi connectivity index (χ1n) is 4.63. The average molecular weight is 203 g/mol. The van der Waals surface area contributed by atoms with Crippen LogP contribution in [-0.4, -0.2) is 17.1 Å². The minimum absolute atomic E-state index is 0.327. The molecule has 0 bridgehead atoms. The van der Waals surface area contributed by atoms with Crippen molar-refractivity contribution in [2.24, 2.45) is 5.73 Å². The predicted octanol–water partition coefficient (Wildman–Crippen LogP) is 0.817. The highest BCUT2D eigenvalue weighted by Crippen LogP contribution is 2.07. The van der Waals surface area contributed by atoms with Gasteiger partial charge in [0.25, 0.3) is 0 Å². The fourth-order valence-corrected chi connectivity index (χ4v) is 1.33. The summed E-state index contributed by atoms with van der Waals surface area (Å²) < 4.78 is 0. The van der Waals surface area contributed by atoms with Crippen LogP contribution in [0.3, 0.4) is 0 Å². The van der Waals surface area contributed by atoms with Gasteiger partial charge in [0.15, 0.2) is 0 Å². The first-order valence-corrected chi connectivity index (χ1v) is 4.63. The van der Waals surface area contributed by atoms with Crippen molar-refractivity contribution in [2.45, 2.75) is 18.9 Å². The molecule has 0 fully saturated rings. The number of rotatable bonds is 4. The average Bonchev–Trinajstić information content (AvgIpc) is 2.18. The summed E-state index contributed by atoms with van der Waals surface area (Å²) in [4.78, 5) is 10.6. The van der Waals surface area contributed by atoms with E-state index in [2.05, 4.69) is 5.92 Å². The third kappa shape index (κ3) is 3.45. The largest absolute Gasteiger partial charge is 0.480 e. The highest BCUT2D eigenvalue weighted by molar-refractivity contribution is 5.73. The monoisotopic (exact) mass is 203 g/mol. The maximum absolute atomic E-state index is 10.6. The van der Waals surface area contributed by atoms with Crippen LogP contribution < -0.4 is 5.73 Å². The number of hydrogen-bond acceptors (Lipinski definition) is 2. The second-order valence-corrected chi connectivity index (χ2v) is 3.35. The second kappa shape index (κ2) is 5.18. The lowest BCUT2D eigenvalue weighted by Crippen LogP contribution is -2.32. The van der Waals surface area contributed by atoms with E-state index in [0.717, 1.165) is 11.1 Å². The molecule has 3 heteroatoms. The molecule has 0 heterocycles. The molecule has 0 aliphatic carbocycles. The fourth-order valence-electron chi connectivity index (χ4n) is 1.33. The van der Waals surface area contributed by atoms with Crippen molar-refractivity contribution in [3.63, 3.8) is 0 Å². The molecule has 0 spiro atoms. The van der Waals surface area contributed by atoms with Gasteiger partial charge in [-0.2, -0.15) is 0 Å². The van der Waals surface area contributed by atoms with Gasteiger partial charge in [-0.25, -0.2) is 0 Å². The summed E-state index contributed by atoms with van der Waals surface area (Å²) in [5.74, 6) is 1.55. The summed E-state index contributed by atoms with van der Waals surface area (Å²) >= 11 is 0. The van der Waals surface area contributed by atoms with Crippen molar-refractivity contribution < 1.29 is 9.90 Å². The van der Waals surface area contributed by atoms with Gasteiger partial charge in [-0.05, 0) is 17.5 Å². The molecule has 1 rings (SSSR count). The summed E-state index contributed by atoms with van der Waals surface area (Å²) in [6.45, 7) is 0. The van der Waals surface area contributed by atoms with Gasteiger partial charge in [-0.3, -0.25) is 4.79 Å². The highest BCUT2D eigenvalue weighted by Gasteiger charge is 2.11. The van der Waals surface area contributed by atoms with E-state index in [9.17, 15) is 4.79 Å². The van der Waals surface area contributed by atoms with Crippen LogP contribution in [0.15, 0.2) is 24.3 Å². The van der Waals surface area contributed by atoms with Crippen LogP contribution >= 0.6 is 0 Å². The zero-order valence-corrected chi connectivity index (χ0v) is 8.31. The molecule has 0 aromatic heterocycles. The van der Waals surface area contributed by atoms with E-state index in [1.54, 1.807) is 0 Å². The minimum Gasteiger partial charge on any atom is -0.480 e. The number of hydrogen-bond donors (Lipinski definition) is 2. The summed E-state index contributed by atoms with van der Waals surface area (Å²) in [6.07, 6.45) is 6.07. The van der Waals surface area contributed by atoms with Crippen molar-refractivity contribution in [1.82, 2.24) is 0 Å². The normalized spacial score (nSPS) is 11.7. The van der Waals surface area contributed by atoms with Gasteiger partial charge in [0.2, 0.25) is 0 Å². The molecule has 0 unspecified atom stereocenters. The zero-order valence-electron chi connectivity index (χ0n) is 8.31. The van der Waals surface area contributed by atoms with E-state index in [0.29, 0.717) is 12.8 Å². The number of nitrogens with two attached hydrogens (primary N) is 1. The molecule has 0 saturated heterocycles. The van der Waals surface area contributed by atoms with Gasteiger partial charge in [-0.15, -0.1) is 12.3 Å². The Kier molecular flexibility index (Phi) is 3.90. The van der Waals surface area contributed by atoms with Crippen LogP contribution in [-0.2, 0) is 17.6 Å². The van der Waals surface area contributed by atoms with Gasteiger partial charge >= 0.3 is 5.97 Å². The Morgan fingerprint density at radius 3 is 2.80 bits per heavy atom. The van der Waals surface area contributed by atoms with E-state index in [4.69, 9.17) is 17.3 Å². The van der Waals surface area contributed by atoms with Crippen molar-refractivity contribution in [1.29, 1.82) is 0 Å². The summed E-state index contributed by atoms with van der Waals surface area (Å²) in [7, 11) is 0. The van der Waals surface area contributed by atoms with Gasteiger partial charge in [0.1, 0.15) is 6.04 Å². The SMILES string of the molecule is C#CCc1cccc(C[C@H](N)C(=O)O)c1. The second-order valence-electron chi connectivity index (χ2n) is 3.35. The molecule has 3 nitrogen and oxygen atoms in total. The molecule has 1 atom stereocenters. The molecular weight excluding hydrogens is 190 g/mol. The lowest BCUT2D eigenvalue weighted by molar-refractivity contribution is -0.138. The smallest absolute Gasteiger partial charge is 0.320 e. The summed E-state index contributed by atoms with van der Waals surface area (Å²) in [5.41, 5.74) is 7.34. The molecule has 1 aromatic carbocycles. The molecule has 78 valence electrons. The Morgan fingerprint density at radius 2 is 2.20 bits per heavy atom. The molecule has 1 aromatic rings. The highest BCUT2D eigenvalue weighted by atomic mass is 16.4. The first kappa shape index (κ1) is 11.3.